The van der Waals surface area contributed by atoms with Gasteiger partial charge in [-0.05, 0) is 0 Å². The van der Waals surface area contributed by atoms with Crippen LogP contribution in [0.2, 0.25) is 0 Å². The minimum absolute atomic E-state index is 0. The molecular formula is C2H6NZr-. The van der Waals surface area contributed by atoms with Gasteiger partial charge in [0.1, 0.15) is 0 Å². The van der Waals surface area contributed by atoms with Crippen LogP contribution < -0.4 is 0 Å². The molecule has 0 rings (SSSR count). The van der Waals surface area contributed by atoms with E-state index in [9.17, 15) is 0 Å². The third-order valence-electron chi connectivity index (χ3n) is 0. The number of rotatable bonds is 0. The smallest absolute Gasteiger partial charge is 0 e. The van der Waals surface area contributed by atoms with Gasteiger partial charge in [-0.2, -0.15) is 6.54 Å². The molecule has 0 heterocycles. The Hall–Kier alpha value is 0.843. The number of nitrogens with one attached hydrogen (secondary N) is 1. The first-order valence-corrected chi connectivity index (χ1v) is 1.06. The molecule has 0 fully saturated rings. The molecule has 4 heavy (non-hydrogen) atoms. The van der Waals surface area contributed by atoms with Crippen LogP contribution in [0, 0.1) is 0 Å². The van der Waals surface area contributed by atoms with Gasteiger partial charge < -0.3 is 5.73 Å². The Bertz CT molecular complexity index is 6.00. The summed E-state index contributed by atoms with van der Waals surface area (Å²) in [6.07, 6.45) is 0. The van der Waals surface area contributed by atoms with Crippen LogP contribution in [0.3, 0.4) is 0 Å². The van der Waals surface area contributed by atoms with Crippen molar-refractivity contribution in [3.8, 4) is 0 Å². The van der Waals surface area contributed by atoms with Gasteiger partial charge in [-0.3, -0.25) is 0 Å². The van der Waals surface area contributed by atoms with Crippen LogP contribution in [0.1, 0.15) is 6.92 Å². The fourth-order valence-electron chi connectivity index (χ4n) is 0. The summed E-state index contributed by atoms with van der Waals surface area (Å²) in [7, 11) is 0. The zero-order valence-corrected chi connectivity index (χ0v) is 5.17. The van der Waals surface area contributed by atoms with E-state index in [1.807, 2.05) is 0 Å². The number of hydrogen-bond donors (Lipinski definition) is 0. The van der Waals surface area contributed by atoms with Crippen molar-refractivity contribution in [2.24, 2.45) is 0 Å². The Kier molecular flexibility index (Phi) is 20.2. The molecule has 24 valence electrons. The van der Waals surface area contributed by atoms with Crippen LogP contribution in [0.4, 0.5) is 0 Å². The van der Waals surface area contributed by atoms with E-state index in [2.05, 4.69) is 0 Å². The minimum atomic E-state index is 0. The van der Waals surface area contributed by atoms with Crippen molar-refractivity contribution >= 4 is 0 Å². The molecule has 0 aliphatic carbocycles. The van der Waals surface area contributed by atoms with Gasteiger partial charge in [-0.25, -0.2) is 0 Å². The second-order valence-corrected chi connectivity index (χ2v) is 0.354. The van der Waals surface area contributed by atoms with E-state index in [0.717, 1.165) is 0 Å². The van der Waals surface area contributed by atoms with Crippen LogP contribution in [0.5, 0.6) is 0 Å². The van der Waals surface area contributed by atoms with Gasteiger partial charge in [-0.15, -0.1) is 0 Å². The quantitative estimate of drug-likeness (QED) is 0.474. The second kappa shape index (κ2) is 9.14. The van der Waals surface area contributed by atoms with Crippen molar-refractivity contribution in [3.05, 3.63) is 5.73 Å². The molecule has 0 aliphatic heterocycles. The van der Waals surface area contributed by atoms with Crippen molar-refractivity contribution in [1.29, 1.82) is 0 Å². The molecule has 0 radical (unpaired) electrons. The van der Waals surface area contributed by atoms with Crippen LogP contribution in [0.25, 0.3) is 5.73 Å². The van der Waals surface area contributed by atoms with Crippen molar-refractivity contribution in [2.75, 3.05) is 6.54 Å². The summed E-state index contributed by atoms with van der Waals surface area (Å²) in [4.78, 5) is 0. The summed E-state index contributed by atoms with van der Waals surface area (Å²) >= 11 is 0. The Morgan fingerprint density at radius 3 is 1.75 bits per heavy atom. The maximum atomic E-state index is 6.21. The summed E-state index contributed by atoms with van der Waals surface area (Å²) in [6, 6.07) is 0. The van der Waals surface area contributed by atoms with Gasteiger partial charge in [0.2, 0.25) is 0 Å². The van der Waals surface area contributed by atoms with Crippen molar-refractivity contribution in [3.63, 3.8) is 0 Å². The Balaban J connectivity index is 0. The maximum Gasteiger partial charge on any atom is 0 e. The molecule has 0 atom stereocenters. The van der Waals surface area contributed by atoms with E-state index < -0.39 is 0 Å². The topological polar surface area (TPSA) is 23.8 Å². The molecule has 0 saturated carbocycles. The van der Waals surface area contributed by atoms with Crippen LogP contribution in [-0.4, -0.2) is 6.54 Å². The predicted octanol–water partition coefficient (Wildman–Crippen LogP) is 1.06. The van der Waals surface area contributed by atoms with E-state index in [1.54, 1.807) is 6.92 Å². The average Bonchev–Trinajstić information content (AvgIpc) is 0.918. The van der Waals surface area contributed by atoms with Crippen LogP contribution in [0.15, 0.2) is 0 Å². The average molecular weight is 135 g/mol. The number of hydrogen-bond acceptors (Lipinski definition) is 0. The second-order valence-electron chi connectivity index (χ2n) is 0.354. The van der Waals surface area contributed by atoms with Gasteiger partial charge in [0.05, 0.1) is 0 Å². The predicted molar refractivity (Wildman–Crippen MR) is 14.9 cm³/mol. The van der Waals surface area contributed by atoms with E-state index in [1.165, 1.54) is 0 Å². The molecule has 2 heteroatoms. The molecule has 0 aromatic carbocycles. The van der Waals surface area contributed by atoms with Gasteiger partial charge >= 0.3 is 0 Å². The first kappa shape index (κ1) is 8.85. The van der Waals surface area contributed by atoms with Gasteiger partial charge in [0.15, 0.2) is 0 Å². The fraction of sp³-hybridized carbons (Fsp3) is 1.00. The van der Waals surface area contributed by atoms with Crippen LogP contribution in [-0.2, 0) is 26.2 Å². The Labute approximate surface area is 45.7 Å². The molecule has 0 saturated heterocycles. The third-order valence-corrected chi connectivity index (χ3v) is 0. The van der Waals surface area contributed by atoms with Crippen molar-refractivity contribution in [2.45, 2.75) is 6.92 Å². The molecule has 0 bridgehead atoms. The normalized spacial score (nSPS) is 4.50. The largest absolute Gasteiger partial charge is 0.678 e. The summed E-state index contributed by atoms with van der Waals surface area (Å²) in [5.74, 6) is 0. The van der Waals surface area contributed by atoms with Crippen LogP contribution >= 0.6 is 0 Å². The van der Waals surface area contributed by atoms with E-state index in [4.69, 9.17) is 5.73 Å². The monoisotopic (exact) mass is 134 g/mol. The SMILES string of the molecule is CC[NH-].[Zr]. The van der Waals surface area contributed by atoms with Gasteiger partial charge in [0.25, 0.3) is 0 Å². The molecule has 0 spiro atoms. The first-order valence-electron chi connectivity index (χ1n) is 1.06. The van der Waals surface area contributed by atoms with Crippen molar-refractivity contribution < 1.29 is 26.2 Å². The van der Waals surface area contributed by atoms with E-state index >= 15 is 0 Å². The molecule has 1 nitrogen and oxygen atoms in total. The molecule has 1 N–H and O–H groups in total. The molecule has 0 aliphatic rings. The molecule has 0 amide bonds. The van der Waals surface area contributed by atoms with E-state index in [0.29, 0.717) is 6.54 Å². The first-order chi connectivity index (χ1) is 1.41. The Morgan fingerprint density at radius 1 is 1.75 bits per heavy atom. The summed E-state index contributed by atoms with van der Waals surface area (Å²) in [5, 5.41) is 0. The minimum Gasteiger partial charge on any atom is -0.678 e. The molecule has 0 unspecified atom stereocenters. The van der Waals surface area contributed by atoms with E-state index in [-0.39, 0.29) is 26.2 Å². The molecule has 0 aromatic rings. The molecular weight excluding hydrogens is 129 g/mol. The zero-order valence-electron chi connectivity index (χ0n) is 2.71. The molecule has 0 aromatic heterocycles. The summed E-state index contributed by atoms with van der Waals surface area (Å²) in [6.45, 7) is 2.29. The maximum absolute atomic E-state index is 6.21. The Morgan fingerprint density at radius 2 is 1.75 bits per heavy atom. The third kappa shape index (κ3) is 13.6. The standard InChI is InChI=1S/C2H6N.Zr/c1-2-3;/h3H,2H2,1H3;/q-1;. The summed E-state index contributed by atoms with van der Waals surface area (Å²) < 4.78 is 0. The zero-order chi connectivity index (χ0) is 2.71. The summed E-state index contributed by atoms with van der Waals surface area (Å²) in [5.41, 5.74) is 6.21. The fourth-order valence-corrected chi connectivity index (χ4v) is 0. The van der Waals surface area contributed by atoms with Crippen molar-refractivity contribution in [1.82, 2.24) is 0 Å². The van der Waals surface area contributed by atoms with Gasteiger partial charge in [0, 0.05) is 26.2 Å². The van der Waals surface area contributed by atoms with Gasteiger partial charge in [-0.1, -0.05) is 6.92 Å².